The van der Waals surface area contributed by atoms with Gasteiger partial charge in [-0.25, -0.2) is 0 Å². The quantitative estimate of drug-likeness (QED) is 0.117. The van der Waals surface area contributed by atoms with Crippen LogP contribution < -0.4 is 0 Å². The molecule has 0 unspecified atom stereocenters. The standard InChI is InChI=1S/C17H22O14S3/c18-9-17(11-30-15(21)4-7-33(25)26,12-31-16(22)5-8-34(27)28)10-29-14(20)2-1-13(19)3-6-32(23)24/h6-8,18H,1-5,9-12H2. The van der Waals surface area contributed by atoms with Crippen LogP contribution in [0.1, 0.15) is 32.1 Å². The van der Waals surface area contributed by atoms with E-state index in [1.807, 2.05) is 0 Å². The van der Waals surface area contributed by atoms with Gasteiger partial charge in [0.25, 0.3) is 0 Å². The number of rotatable bonds is 16. The number of aliphatic hydroxyl groups is 1. The molecule has 0 saturated carbocycles. The molecule has 0 aromatic heterocycles. The minimum atomic E-state index is -2.63. The Labute approximate surface area is 198 Å². The molecule has 17 heteroatoms. The third-order valence-electron chi connectivity index (χ3n) is 3.78. The molecule has 0 aliphatic heterocycles. The monoisotopic (exact) mass is 546 g/mol. The van der Waals surface area contributed by atoms with Gasteiger partial charge >= 0.3 is 17.9 Å². The summed E-state index contributed by atoms with van der Waals surface area (Å²) in [7, 11) is -7.80. The summed E-state index contributed by atoms with van der Waals surface area (Å²) in [5.74, 6) is -3.53. The summed E-state index contributed by atoms with van der Waals surface area (Å²) < 4.78 is 77.4. The van der Waals surface area contributed by atoms with Crippen molar-refractivity contribution in [3.8, 4) is 0 Å². The Balaban J connectivity index is 5.18. The van der Waals surface area contributed by atoms with Crippen molar-refractivity contribution in [1.82, 2.24) is 0 Å². The van der Waals surface area contributed by atoms with Crippen LogP contribution in [0.4, 0.5) is 0 Å². The molecule has 0 saturated heterocycles. The Morgan fingerprint density at radius 2 is 1.00 bits per heavy atom. The SMILES string of the molecule is O=C(CC=S(=O)=O)CCC(=O)OCC(CO)(COC(=O)CC=S(=O)=O)COC(=O)CC=S(=O)=O. The Morgan fingerprint density at radius 3 is 1.38 bits per heavy atom. The van der Waals surface area contributed by atoms with Crippen molar-refractivity contribution in [3.05, 3.63) is 0 Å². The van der Waals surface area contributed by atoms with Gasteiger partial charge in [0, 0.05) is 28.9 Å². The third-order valence-corrected chi connectivity index (χ3v) is 5.10. The molecule has 0 aromatic rings. The van der Waals surface area contributed by atoms with E-state index in [9.17, 15) is 49.5 Å². The molecule has 34 heavy (non-hydrogen) atoms. The first kappa shape index (κ1) is 31.1. The van der Waals surface area contributed by atoms with Crippen LogP contribution in [0.2, 0.25) is 0 Å². The zero-order chi connectivity index (χ0) is 26.1. The molecule has 14 nitrogen and oxygen atoms in total. The van der Waals surface area contributed by atoms with E-state index in [0.717, 1.165) is 0 Å². The molecular weight excluding hydrogens is 524 g/mol. The first-order valence-corrected chi connectivity index (χ1v) is 12.6. The number of Topliss-reactive ketones (excluding diaryl/α,β-unsaturated/α-hetero) is 1. The lowest BCUT2D eigenvalue weighted by Gasteiger charge is -2.30. The van der Waals surface area contributed by atoms with Gasteiger partial charge in [0.1, 0.15) is 25.6 Å². The van der Waals surface area contributed by atoms with Gasteiger partial charge in [0.05, 0.1) is 31.3 Å². The second-order valence-corrected chi connectivity index (χ2v) is 9.14. The fraction of sp³-hybridized carbons (Fsp3) is 0.588. The summed E-state index contributed by atoms with van der Waals surface area (Å²) in [6.07, 6.45) is -2.45. The highest BCUT2D eigenvalue weighted by molar-refractivity contribution is 7.71. The average molecular weight is 547 g/mol. The van der Waals surface area contributed by atoms with Crippen LogP contribution in [-0.2, 0) is 64.3 Å². The second-order valence-electron chi connectivity index (χ2n) is 6.57. The number of esters is 3. The van der Waals surface area contributed by atoms with Crippen molar-refractivity contribution in [2.24, 2.45) is 5.41 Å². The Bertz CT molecular complexity index is 1080. The van der Waals surface area contributed by atoms with Crippen LogP contribution in [0.15, 0.2) is 0 Å². The third kappa shape index (κ3) is 15.8. The van der Waals surface area contributed by atoms with Crippen LogP contribution in [0.5, 0.6) is 0 Å². The molecule has 192 valence electrons. The minimum Gasteiger partial charge on any atom is -0.465 e. The molecule has 0 heterocycles. The lowest BCUT2D eigenvalue weighted by Crippen LogP contribution is -2.42. The number of ketones is 1. The van der Waals surface area contributed by atoms with Crippen molar-refractivity contribution in [3.63, 3.8) is 0 Å². The summed E-state index contributed by atoms with van der Waals surface area (Å²) in [5, 5.41) is 11.7. The van der Waals surface area contributed by atoms with E-state index in [2.05, 4.69) is 0 Å². The second kappa shape index (κ2) is 16.7. The van der Waals surface area contributed by atoms with Crippen molar-refractivity contribution in [1.29, 1.82) is 0 Å². The summed E-state index contributed by atoms with van der Waals surface area (Å²) >= 11 is 0. The zero-order valence-electron chi connectivity index (χ0n) is 17.6. The Hall–Kier alpha value is -2.89. The lowest BCUT2D eigenvalue weighted by atomic mass is 9.92. The molecule has 0 aliphatic rings. The zero-order valence-corrected chi connectivity index (χ0v) is 20.0. The van der Waals surface area contributed by atoms with Gasteiger partial charge in [0.2, 0.25) is 30.9 Å². The topological polar surface area (TPSA) is 219 Å². The van der Waals surface area contributed by atoms with E-state index in [1.54, 1.807) is 0 Å². The van der Waals surface area contributed by atoms with Gasteiger partial charge in [-0.3, -0.25) is 19.2 Å². The summed E-state index contributed by atoms with van der Waals surface area (Å²) in [4.78, 5) is 46.8. The fourth-order valence-corrected chi connectivity index (χ4v) is 2.80. The molecule has 0 aliphatic carbocycles. The number of carbonyl (C=O) groups excluding carboxylic acids is 4. The predicted molar refractivity (Wildman–Crippen MR) is 115 cm³/mol. The van der Waals surface area contributed by atoms with E-state index in [-0.39, 0.29) is 6.42 Å². The van der Waals surface area contributed by atoms with Crippen LogP contribution in [0.3, 0.4) is 0 Å². The highest BCUT2D eigenvalue weighted by Crippen LogP contribution is 2.20. The van der Waals surface area contributed by atoms with Gasteiger partial charge in [-0.2, -0.15) is 25.3 Å². The first-order chi connectivity index (χ1) is 15.9. The summed E-state index contributed by atoms with van der Waals surface area (Å²) in [5.41, 5.74) is -1.69. The van der Waals surface area contributed by atoms with Crippen LogP contribution in [-0.4, -0.2) is 96.6 Å². The molecule has 0 atom stereocenters. The van der Waals surface area contributed by atoms with E-state index in [4.69, 9.17) is 14.2 Å². The number of hydrogen-bond acceptors (Lipinski definition) is 14. The van der Waals surface area contributed by atoms with Gasteiger partial charge in [-0.15, -0.1) is 0 Å². The largest absolute Gasteiger partial charge is 0.465 e. The predicted octanol–water partition coefficient (Wildman–Crippen LogP) is -2.84. The van der Waals surface area contributed by atoms with Crippen LogP contribution >= 0.6 is 0 Å². The molecule has 0 radical (unpaired) electrons. The molecule has 0 bridgehead atoms. The van der Waals surface area contributed by atoms with Gasteiger partial charge in [-0.1, -0.05) is 0 Å². The highest BCUT2D eigenvalue weighted by Gasteiger charge is 2.35. The highest BCUT2D eigenvalue weighted by atomic mass is 32.2. The molecule has 0 amide bonds. The Kier molecular flexibility index (Phi) is 15.3. The van der Waals surface area contributed by atoms with Gasteiger partial charge in [-0.05, 0) is 0 Å². The molecule has 1 N–H and O–H groups in total. The normalized spacial score (nSPS) is 10.4. The van der Waals surface area contributed by atoms with E-state index in [0.29, 0.717) is 16.1 Å². The van der Waals surface area contributed by atoms with Crippen molar-refractivity contribution < 1.29 is 63.7 Å². The maximum absolute atomic E-state index is 11.9. The minimum absolute atomic E-state index is 0.340. The van der Waals surface area contributed by atoms with Crippen LogP contribution in [0.25, 0.3) is 0 Å². The maximum atomic E-state index is 11.9. The summed E-state index contributed by atoms with van der Waals surface area (Å²) in [6, 6.07) is 0. The number of aliphatic hydroxyl groups excluding tert-OH is 1. The molecule has 0 spiro atoms. The van der Waals surface area contributed by atoms with Gasteiger partial charge in [0.15, 0.2) is 0 Å². The van der Waals surface area contributed by atoms with E-state index < -0.39 is 112 Å². The Morgan fingerprint density at radius 1 is 0.618 bits per heavy atom. The molecular formula is C17H22O14S3. The maximum Gasteiger partial charge on any atom is 0.310 e. The molecule has 0 fully saturated rings. The van der Waals surface area contributed by atoms with E-state index >= 15 is 0 Å². The van der Waals surface area contributed by atoms with Crippen molar-refractivity contribution in [2.45, 2.75) is 32.1 Å². The molecule has 0 rings (SSSR count). The van der Waals surface area contributed by atoms with Crippen LogP contribution in [0, 0.1) is 5.41 Å². The lowest BCUT2D eigenvalue weighted by molar-refractivity contribution is -0.164. The summed E-state index contributed by atoms with van der Waals surface area (Å²) in [6.45, 7) is -2.87. The first-order valence-electron chi connectivity index (χ1n) is 9.22. The molecule has 0 aromatic carbocycles. The van der Waals surface area contributed by atoms with E-state index in [1.165, 1.54) is 0 Å². The smallest absolute Gasteiger partial charge is 0.310 e. The number of carbonyl (C=O) groups is 4. The van der Waals surface area contributed by atoms with Crippen molar-refractivity contribution in [2.75, 3.05) is 26.4 Å². The average Bonchev–Trinajstić information content (AvgIpc) is 2.78. The number of ether oxygens (including phenoxy) is 3. The van der Waals surface area contributed by atoms with Crippen molar-refractivity contribution >= 4 is 70.7 Å². The van der Waals surface area contributed by atoms with Gasteiger partial charge < -0.3 is 19.3 Å². The fourth-order valence-electron chi connectivity index (χ4n) is 1.93. The number of hydrogen-bond donors (Lipinski definition) is 1.